The van der Waals surface area contributed by atoms with E-state index in [1.165, 1.54) is 12.1 Å². The number of fused-ring (bicyclic) bond motifs is 1. The Kier molecular flexibility index (Phi) is 2.56. The molecule has 1 heterocycles. The van der Waals surface area contributed by atoms with Gasteiger partial charge in [-0.2, -0.15) is 4.99 Å². The number of hydrogen-bond donors (Lipinski definition) is 0. The van der Waals surface area contributed by atoms with E-state index in [1.807, 2.05) is 0 Å². The van der Waals surface area contributed by atoms with Crippen LogP contribution in [0.25, 0.3) is 0 Å². The monoisotopic (exact) mass is 249 g/mol. The topological polar surface area (TPSA) is 47.9 Å². The van der Waals surface area contributed by atoms with E-state index in [1.54, 1.807) is 6.07 Å². The van der Waals surface area contributed by atoms with Gasteiger partial charge >= 0.3 is 0 Å². The van der Waals surface area contributed by atoms with E-state index < -0.39 is 11.4 Å². The van der Waals surface area contributed by atoms with Crippen molar-refractivity contribution in [1.82, 2.24) is 0 Å². The van der Waals surface area contributed by atoms with Crippen LogP contribution in [0.3, 0.4) is 0 Å². The van der Waals surface area contributed by atoms with Gasteiger partial charge in [0.2, 0.25) is 6.08 Å². The molecule has 1 aromatic carbocycles. The molecule has 0 amide bonds. The summed E-state index contributed by atoms with van der Waals surface area (Å²) in [4.78, 5) is 14.3. The van der Waals surface area contributed by atoms with Crippen molar-refractivity contribution in [1.29, 1.82) is 0 Å². The fraction of sp³-hybridized carbons (Fsp3) is 0.462. The number of carbonyl (C=O) groups excluding carboxylic acids is 1. The van der Waals surface area contributed by atoms with Gasteiger partial charge in [0, 0.05) is 6.42 Å². The number of halogens is 1. The molecule has 1 fully saturated rings. The van der Waals surface area contributed by atoms with Crippen molar-refractivity contribution in [2.24, 2.45) is 4.99 Å². The predicted octanol–water partition coefficient (Wildman–Crippen LogP) is 2.31. The second kappa shape index (κ2) is 4.10. The summed E-state index contributed by atoms with van der Waals surface area (Å²) >= 11 is 0. The lowest BCUT2D eigenvalue weighted by Crippen LogP contribution is -2.09. The van der Waals surface area contributed by atoms with E-state index in [-0.39, 0.29) is 0 Å². The summed E-state index contributed by atoms with van der Waals surface area (Å²) in [5.41, 5.74) is -0.449. The summed E-state index contributed by atoms with van der Waals surface area (Å²) in [7, 11) is 0. The van der Waals surface area contributed by atoms with Crippen molar-refractivity contribution in [2.75, 3.05) is 13.2 Å². The summed E-state index contributed by atoms with van der Waals surface area (Å²) < 4.78 is 25.1. The lowest BCUT2D eigenvalue weighted by Gasteiger charge is -2.17. The zero-order valence-electron chi connectivity index (χ0n) is 9.74. The van der Waals surface area contributed by atoms with Gasteiger partial charge < -0.3 is 9.47 Å². The first-order valence-corrected chi connectivity index (χ1v) is 5.94. The average molecular weight is 249 g/mol. The van der Waals surface area contributed by atoms with Gasteiger partial charge in [-0.25, -0.2) is 9.18 Å². The first-order valence-electron chi connectivity index (χ1n) is 5.94. The number of rotatable bonds is 2. The third-order valence-corrected chi connectivity index (χ3v) is 3.31. The second-order valence-electron chi connectivity index (χ2n) is 4.53. The first-order chi connectivity index (χ1) is 8.77. The molecule has 1 aliphatic carbocycles. The van der Waals surface area contributed by atoms with Crippen molar-refractivity contribution in [3.05, 3.63) is 23.5 Å². The van der Waals surface area contributed by atoms with Crippen LogP contribution in [0.2, 0.25) is 0 Å². The molecule has 0 bridgehead atoms. The lowest BCUT2D eigenvalue weighted by molar-refractivity contribution is 0.295. The standard InChI is InChI=1S/C13H12FNO3/c14-9-2-3-10-12(18-7-1-6-17-10)11(9)13(4-5-13)15-8-16/h2-3H,1,4-7H2. The summed E-state index contributed by atoms with van der Waals surface area (Å²) in [6.45, 7) is 1.02. The molecule has 94 valence electrons. The highest BCUT2D eigenvalue weighted by Crippen LogP contribution is 2.55. The molecule has 2 aliphatic rings. The Hall–Kier alpha value is -1.87. The molecule has 1 saturated carbocycles. The Labute approximate surface area is 103 Å². The second-order valence-corrected chi connectivity index (χ2v) is 4.53. The highest BCUT2D eigenvalue weighted by molar-refractivity contribution is 5.54. The molecule has 3 rings (SSSR count). The van der Waals surface area contributed by atoms with Crippen LogP contribution in [0.5, 0.6) is 11.5 Å². The molecule has 0 aromatic heterocycles. The number of hydrogen-bond acceptors (Lipinski definition) is 4. The highest BCUT2D eigenvalue weighted by Gasteiger charge is 2.49. The largest absolute Gasteiger partial charge is 0.490 e. The molecule has 0 saturated heterocycles. The van der Waals surface area contributed by atoms with Gasteiger partial charge in [0.25, 0.3) is 0 Å². The molecule has 0 unspecified atom stereocenters. The Balaban J connectivity index is 2.16. The van der Waals surface area contributed by atoms with Gasteiger partial charge in [-0.1, -0.05) is 0 Å². The van der Waals surface area contributed by atoms with Crippen LogP contribution in [0.15, 0.2) is 17.1 Å². The minimum Gasteiger partial charge on any atom is -0.490 e. The van der Waals surface area contributed by atoms with Crippen molar-refractivity contribution < 1.29 is 18.7 Å². The van der Waals surface area contributed by atoms with Gasteiger partial charge in [0.05, 0.1) is 18.8 Å². The molecule has 5 heteroatoms. The molecule has 1 aliphatic heterocycles. The summed E-state index contributed by atoms with van der Waals surface area (Å²) in [5.74, 6) is 0.510. The van der Waals surface area contributed by atoms with E-state index in [9.17, 15) is 9.18 Å². The number of ether oxygens (including phenoxy) is 2. The van der Waals surface area contributed by atoms with Gasteiger partial charge in [-0.3, -0.25) is 0 Å². The molecule has 4 nitrogen and oxygen atoms in total. The smallest absolute Gasteiger partial charge is 0.235 e. The Morgan fingerprint density at radius 2 is 2.06 bits per heavy atom. The third-order valence-electron chi connectivity index (χ3n) is 3.31. The maximum Gasteiger partial charge on any atom is 0.235 e. The van der Waals surface area contributed by atoms with Crippen molar-refractivity contribution in [3.8, 4) is 11.5 Å². The van der Waals surface area contributed by atoms with Crippen LogP contribution in [0.4, 0.5) is 4.39 Å². The molecular weight excluding hydrogens is 237 g/mol. The van der Waals surface area contributed by atoms with E-state index in [4.69, 9.17) is 9.47 Å². The highest BCUT2D eigenvalue weighted by atomic mass is 19.1. The zero-order chi connectivity index (χ0) is 12.6. The molecule has 1 aromatic rings. The fourth-order valence-electron chi connectivity index (χ4n) is 2.27. The third kappa shape index (κ3) is 1.68. The molecular formula is C13H12FNO3. The van der Waals surface area contributed by atoms with Gasteiger partial charge in [-0.05, 0) is 25.0 Å². The Morgan fingerprint density at radius 3 is 2.78 bits per heavy atom. The van der Waals surface area contributed by atoms with Crippen molar-refractivity contribution >= 4 is 6.08 Å². The maximum atomic E-state index is 14.0. The summed E-state index contributed by atoms with van der Waals surface area (Å²) in [5, 5.41) is 0. The summed E-state index contributed by atoms with van der Waals surface area (Å²) in [6.07, 6.45) is 3.56. The van der Waals surface area contributed by atoms with Crippen molar-refractivity contribution in [3.63, 3.8) is 0 Å². The van der Waals surface area contributed by atoms with E-state index in [2.05, 4.69) is 4.99 Å². The molecule has 0 N–H and O–H groups in total. The normalized spacial score (nSPS) is 19.6. The quantitative estimate of drug-likeness (QED) is 0.597. The Bertz CT molecular complexity index is 533. The van der Waals surface area contributed by atoms with Gasteiger partial charge in [0.1, 0.15) is 11.4 Å². The van der Waals surface area contributed by atoms with Crippen LogP contribution in [-0.4, -0.2) is 19.3 Å². The van der Waals surface area contributed by atoms with Gasteiger partial charge in [-0.15, -0.1) is 0 Å². The minimum absolute atomic E-state index is 0.338. The van der Waals surface area contributed by atoms with Crippen LogP contribution >= 0.6 is 0 Å². The molecule has 18 heavy (non-hydrogen) atoms. The number of aliphatic imine (C=N–C) groups is 1. The van der Waals surface area contributed by atoms with Gasteiger partial charge in [0.15, 0.2) is 11.5 Å². The minimum atomic E-state index is -0.787. The van der Waals surface area contributed by atoms with Crippen LogP contribution in [0.1, 0.15) is 24.8 Å². The average Bonchev–Trinajstić information content (AvgIpc) is 3.14. The van der Waals surface area contributed by atoms with Crippen LogP contribution in [0, 0.1) is 5.82 Å². The SMILES string of the molecule is O=C=NC1(c2c(F)ccc3c2OCCCO3)CC1. The molecule has 0 atom stereocenters. The molecule has 0 radical (unpaired) electrons. The number of benzene rings is 1. The van der Waals surface area contributed by atoms with Crippen LogP contribution in [-0.2, 0) is 10.3 Å². The number of nitrogens with zero attached hydrogens (tertiary/aromatic N) is 1. The van der Waals surface area contributed by atoms with E-state index in [0.29, 0.717) is 43.1 Å². The van der Waals surface area contributed by atoms with Crippen molar-refractivity contribution in [2.45, 2.75) is 24.8 Å². The summed E-state index contributed by atoms with van der Waals surface area (Å²) in [6, 6.07) is 2.89. The lowest BCUT2D eigenvalue weighted by atomic mass is 10.0. The fourth-order valence-corrected chi connectivity index (χ4v) is 2.27. The zero-order valence-corrected chi connectivity index (χ0v) is 9.74. The van der Waals surface area contributed by atoms with Crippen LogP contribution < -0.4 is 9.47 Å². The van der Waals surface area contributed by atoms with E-state index >= 15 is 0 Å². The first kappa shape index (κ1) is 11.2. The van der Waals surface area contributed by atoms with E-state index in [0.717, 1.165) is 6.42 Å². The maximum absolute atomic E-state index is 14.0. The molecule has 0 spiro atoms. The predicted molar refractivity (Wildman–Crippen MR) is 61.0 cm³/mol. The Morgan fingerprint density at radius 1 is 1.28 bits per heavy atom. The number of isocyanates is 1.